The predicted octanol–water partition coefficient (Wildman–Crippen LogP) is 6.99. The van der Waals surface area contributed by atoms with Gasteiger partial charge in [-0.25, -0.2) is 0 Å². The second-order valence-corrected chi connectivity index (χ2v) is 8.96. The molecule has 0 aliphatic carbocycles. The molecule has 32 heavy (non-hydrogen) atoms. The number of hydrogen-bond donors (Lipinski definition) is 0. The second kappa shape index (κ2) is 11.3. The third-order valence-electron chi connectivity index (χ3n) is 4.87. The maximum absolute atomic E-state index is 6.53. The van der Waals surface area contributed by atoms with Crippen molar-refractivity contribution >= 4 is 50.7 Å². The summed E-state index contributed by atoms with van der Waals surface area (Å²) in [5.74, 6) is 1.69. The zero-order valence-electron chi connectivity index (χ0n) is 17.0. The topological polar surface area (TPSA) is 31.4 Å². The van der Waals surface area contributed by atoms with E-state index in [1.165, 1.54) is 0 Å². The second-order valence-electron chi connectivity index (χ2n) is 6.88. The van der Waals surface area contributed by atoms with E-state index >= 15 is 0 Å². The molecule has 1 heterocycles. The Morgan fingerprint density at radius 1 is 0.562 bits per heavy atom. The van der Waals surface area contributed by atoms with Crippen molar-refractivity contribution in [2.45, 2.75) is 0 Å². The van der Waals surface area contributed by atoms with Crippen LogP contribution in [-0.2, 0) is 18.2 Å². The van der Waals surface area contributed by atoms with Gasteiger partial charge in [0.05, 0.1) is 0 Å². The van der Waals surface area contributed by atoms with Gasteiger partial charge in [0, 0.05) is 0 Å². The molecule has 0 atom stereocenters. The van der Waals surface area contributed by atoms with E-state index in [2.05, 4.69) is 45.7 Å². The number of aromatic nitrogens is 1. The van der Waals surface area contributed by atoms with Crippen LogP contribution in [0.5, 0.6) is 11.5 Å². The van der Waals surface area contributed by atoms with Crippen molar-refractivity contribution in [2.24, 2.45) is 0 Å². The van der Waals surface area contributed by atoms with Gasteiger partial charge in [-0.1, -0.05) is 0 Å². The molecule has 1 aromatic heterocycles. The molecule has 0 fully saturated rings. The van der Waals surface area contributed by atoms with Crippen LogP contribution in [0.15, 0.2) is 109 Å². The molecular weight excluding hydrogens is 477 g/mol. The van der Waals surface area contributed by atoms with E-state index in [1.54, 1.807) is 6.20 Å². The van der Waals surface area contributed by atoms with E-state index < -0.39 is 18.2 Å². The van der Waals surface area contributed by atoms with E-state index in [4.69, 9.17) is 6.64 Å². The molecule has 0 aliphatic rings. The van der Waals surface area contributed by atoms with Gasteiger partial charge in [-0.05, 0) is 0 Å². The molecule has 0 bridgehead atoms. The minimum atomic E-state index is -2.65. The van der Waals surface area contributed by atoms with Gasteiger partial charge in [-0.2, -0.15) is 0 Å². The fraction of sp³-hybridized carbons (Fsp3) is 0. The first kappa shape index (κ1) is 24.0. The zero-order chi connectivity index (χ0) is 20.2. The molecule has 0 N–H and O–H groups in total. The Hall–Kier alpha value is -2.69. The van der Waals surface area contributed by atoms with Crippen LogP contribution in [0.25, 0.3) is 21.5 Å². The molecular formula is C26H21Cl2NO2Ti. The first-order chi connectivity index (χ1) is 14.9. The third-order valence-corrected chi connectivity index (χ3v) is 7.02. The van der Waals surface area contributed by atoms with Crippen LogP contribution < -0.4 is 6.64 Å². The molecule has 160 valence electrons. The van der Waals surface area contributed by atoms with Crippen molar-refractivity contribution in [1.82, 2.24) is 4.98 Å². The maximum atomic E-state index is 6.53. The fourth-order valence-corrected chi connectivity index (χ4v) is 5.57. The average Bonchev–Trinajstić information content (AvgIpc) is 2.80. The van der Waals surface area contributed by atoms with Crippen LogP contribution in [0.1, 0.15) is 5.69 Å². The molecule has 3 nitrogen and oxygen atoms in total. The quantitative estimate of drug-likeness (QED) is 0.245. The Morgan fingerprint density at radius 2 is 1.06 bits per heavy atom. The molecule has 5 rings (SSSR count). The number of rotatable bonds is 5. The van der Waals surface area contributed by atoms with Crippen LogP contribution in [-0.4, -0.2) is 9.30 Å². The van der Waals surface area contributed by atoms with E-state index in [9.17, 15) is 0 Å². The third kappa shape index (κ3) is 5.38. The Labute approximate surface area is 206 Å². The van der Waals surface area contributed by atoms with Crippen molar-refractivity contribution in [2.75, 3.05) is 0 Å². The SMILES string of the molecule is Cl.Cl.[CH](c1ccccn1)=[Ti]([O]c1cccc2ccccc12)[O]c1cccc2ccccc12. The summed E-state index contributed by atoms with van der Waals surface area (Å²) in [6.45, 7) is 0. The van der Waals surface area contributed by atoms with Crippen LogP contribution in [0.3, 0.4) is 0 Å². The minimum absolute atomic E-state index is 0. The average molecular weight is 498 g/mol. The van der Waals surface area contributed by atoms with Gasteiger partial charge in [0.1, 0.15) is 0 Å². The standard InChI is InChI=1S/2C10H8O.C6H5N.2ClH.Ti/c2*11-10-7-3-5-8-4-1-2-6-9(8)10;1-6-4-2-3-5-7-6;;;/h2*1-7,11H;1-5H;2*1H;/q;;;;;+2/p-2. The summed E-state index contributed by atoms with van der Waals surface area (Å²) in [6, 6.07) is 34.6. The zero-order valence-corrected chi connectivity index (χ0v) is 20.2. The summed E-state index contributed by atoms with van der Waals surface area (Å²) < 4.78 is 15.1. The molecule has 5 aromatic rings. The molecule has 0 saturated carbocycles. The molecule has 6 heteroatoms. The first-order valence-corrected chi connectivity index (χ1v) is 12.0. The summed E-state index contributed by atoms with van der Waals surface area (Å²) in [5, 5.41) is 4.47. The van der Waals surface area contributed by atoms with E-state index in [-0.39, 0.29) is 24.8 Å². The van der Waals surface area contributed by atoms with E-state index in [1.807, 2.05) is 66.7 Å². The van der Waals surface area contributed by atoms with Crippen LogP contribution >= 0.6 is 24.8 Å². The van der Waals surface area contributed by atoms with Crippen molar-refractivity contribution in [3.63, 3.8) is 0 Å². The molecule has 0 spiro atoms. The number of fused-ring (bicyclic) bond motifs is 2. The number of benzene rings is 4. The number of pyridine rings is 1. The Morgan fingerprint density at radius 3 is 1.59 bits per heavy atom. The van der Waals surface area contributed by atoms with Crippen LogP contribution in [0, 0.1) is 0 Å². The monoisotopic (exact) mass is 497 g/mol. The molecule has 4 aromatic carbocycles. The Bertz CT molecular complexity index is 1270. The predicted molar refractivity (Wildman–Crippen MR) is 133 cm³/mol. The van der Waals surface area contributed by atoms with Gasteiger partial charge >= 0.3 is 182 Å². The van der Waals surface area contributed by atoms with Crippen molar-refractivity contribution in [1.29, 1.82) is 0 Å². The number of nitrogens with zero attached hydrogens (tertiary/aromatic N) is 1. The van der Waals surface area contributed by atoms with Gasteiger partial charge in [-0.15, -0.1) is 24.8 Å². The molecule has 0 saturated heterocycles. The summed E-state index contributed by atoms with van der Waals surface area (Å²) in [7, 11) is 0. The van der Waals surface area contributed by atoms with Gasteiger partial charge < -0.3 is 0 Å². The summed E-state index contributed by atoms with van der Waals surface area (Å²) in [5.41, 5.74) is 0.868. The molecule has 0 unspecified atom stereocenters. The van der Waals surface area contributed by atoms with Gasteiger partial charge in [0.25, 0.3) is 0 Å². The van der Waals surface area contributed by atoms with Crippen molar-refractivity contribution in [3.05, 3.63) is 115 Å². The fourth-order valence-electron chi connectivity index (χ4n) is 3.45. The van der Waals surface area contributed by atoms with Crippen LogP contribution in [0.4, 0.5) is 0 Å². The van der Waals surface area contributed by atoms with Crippen molar-refractivity contribution in [3.8, 4) is 11.5 Å². The Kier molecular flexibility index (Phi) is 8.43. The summed E-state index contributed by atoms with van der Waals surface area (Å²) >= 11 is -2.65. The molecule has 0 amide bonds. The molecule has 0 aliphatic heterocycles. The van der Waals surface area contributed by atoms with Gasteiger partial charge in [-0.3, -0.25) is 0 Å². The van der Waals surface area contributed by atoms with Gasteiger partial charge in [0.15, 0.2) is 0 Å². The van der Waals surface area contributed by atoms with E-state index in [0.29, 0.717) is 0 Å². The van der Waals surface area contributed by atoms with Crippen molar-refractivity contribution < 1.29 is 24.8 Å². The molecule has 0 radical (unpaired) electrons. The van der Waals surface area contributed by atoms with Gasteiger partial charge in [0.2, 0.25) is 0 Å². The number of hydrogen-bond acceptors (Lipinski definition) is 3. The Balaban J connectivity index is 0.00000144. The van der Waals surface area contributed by atoms with E-state index in [0.717, 1.165) is 38.7 Å². The summed E-state index contributed by atoms with van der Waals surface area (Å²) in [4.78, 5) is 4.45. The normalized spacial score (nSPS) is 10.0. The van der Waals surface area contributed by atoms with Crippen LogP contribution in [0.2, 0.25) is 0 Å². The summed E-state index contributed by atoms with van der Waals surface area (Å²) in [6.07, 6.45) is 1.79. The first-order valence-electron chi connectivity index (χ1n) is 9.81. The number of halogens is 2.